The minimum absolute atomic E-state index is 0.109. The van der Waals surface area contributed by atoms with E-state index in [2.05, 4.69) is 26.3 Å². The zero-order chi connectivity index (χ0) is 38.7. The molecule has 294 valence electrons. The molecule has 3 rings (SSSR count). The van der Waals surface area contributed by atoms with E-state index in [4.69, 9.17) is 14.2 Å². The van der Waals surface area contributed by atoms with Crippen LogP contribution in [0.4, 0.5) is 9.59 Å². The van der Waals surface area contributed by atoms with Gasteiger partial charge in [0.2, 0.25) is 11.8 Å². The summed E-state index contributed by atoms with van der Waals surface area (Å²) in [5, 5.41) is 11.8. The van der Waals surface area contributed by atoms with Crippen molar-refractivity contribution in [1.29, 1.82) is 0 Å². The molecule has 4 N–H and O–H groups in total. The van der Waals surface area contributed by atoms with Crippen LogP contribution in [0.1, 0.15) is 117 Å². The van der Waals surface area contributed by atoms with Gasteiger partial charge >= 0.3 is 12.2 Å². The first-order valence-electron chi connectivity index (χ1n) is 19.3. The highest BCUT2D eigenvalue weighted by Crippen LogP contribution is 2.29. The number of ether oxygens (including phenoxy) is 3. The lowest BCUT2D eigenvalue weighted by molar-refractivity contribution is -0.131. The predicted octanol–water partition coefficient (Wildman–Crippen LogP) is 7.00. The van der Waals surface area contributed by atoms with Crippen molar-refractivity contribution in [3.8, 4) is 5.75 Å². The molecule has 0 unspecified atom stereocenters. The van der Waals surface area contributed by atoms with Crippen LogP contribution >= 0.6 is 0 Å². The molecule has 12 heteroatoms. The van der Waals surface area contributed by atoms with Gasteiger partial charge in [0.05, 0.1) is 0 Å². The lowest BCUT2D eigenvalue weighted by atomic mass is 9.81. The van der Waals surface area contributed by atoms with E-state index in [1.807, 2.05) is 77.9 Å². The molecule has 1 fully saturated rings. The molecule has 0 saturated heterocycles. The summed E-state index contributed by atoms with van der Waals surface area (Å²) in [5.41, 5.74) is 0.880. The fourth-order valence-electron chi connectivity index (χ4n) is 6.07. The number of hydrogen-bond donors (Lipinski definition) is 4. The van der Waals surface area contributed by atoms with Crippen molar-refractivity contribution < 1.29 is 33.4 Å². The Kier molecular flexibility index (Phi) is 17.9. The standard InChI is InChI=1S/C41H63N5O7/c1-40(2,3)52-38(49)44-24-12-10-8-7-9-11-23-43-37(48)35(27-30-15-19-34(20-16-30)51-29-32-21-25-42-26-22-32)46-36(47)33-17-13-31(14-18-33)28-45-39(50)53-41(4,5)6/h15-16,19-22,25-26,31,33,35H,7-14,17-18,23-24,27-29H2,1-6H3,(H,43,48)(H,44,49)(H,45,50)(H,46,47)/t31?,33?,35-/m0/s1. The average molecular weight is 738 g/mol. The summed E-state index contributed by atoms with van der Waals surface area (Å²) in [6.07, 6.45) is 11.8. The summed E-state index contributed by atoms with van der Waals surface area (Å²) >= 11 is 0. The summed E-state index contributed by atoms with van der Waals surface area (Å²) in [6.45, 7) is 13.1. The molecule has 0 spiro atoms. The second kappa shape index (κ2) is 22.0. The zero-order valence-corrected chi connectivity index (χ0v) is 32.8. The van der Waals surface area contributed by atoms with Gasteiger partial charge in [0.25, 0.3) is 0 Å². The Bertz CT molecular complexity index is 1400. The molecule has 12 nitrogen and oxygen atoms in total. The van der Waals surface area contributed by atoms with Crippen molar-refractivity contribution in [2.24, 2.45) is 11.8 Å². The van der Waals surface area contributed by atoms with E-state index < -0.39 is 23.3 Å². The monoisotopic (exact) mass is 737 g/mol. The van der Waals surface area contributed by atoms with E-state index in [0.29, 0.717) is 51.3 Å². The van der Waals surface area contributed by atoms with Gasteiger partial charge in [-0.1, -0.05) is 37.8 Å². The zero-order valence-electron chi connectivity index (χ0n) is 32.8. The molecule has 1 aromatic heterocycles. The van der Waals surface area contributed by atoms with E-state index in [1.54, 1.807) is 12.4 Å². The number of amides is 4. The Morgan fingerprint density at radius 1 is 0.698 bits per heavy atom. The molecule has 2 aromatic rings. The van der Waals surface area contributed by atoms with Gasteiger partial charge in [0, 0.05) is 44.4 Å². The molecule has 1 aromatic carbocycles. The highest BCUT2D eigenvalue weighted by molar-refractivity contribution is 5.88. The summed E-state index contributed by atoms with van der Waals surface area (Å²) in [5.74, 6) is 0.500. The summed E-state index contributed by atoms with van der Waals surface area (Å²) < 4.78 is 16.5. The van der Waals surface area contributed by atoms with Crippen LogP contribution in [0.25, 0.3) is 0 Å². The number of hydrogen-bond acceptors (Lipinski definition) is 8. The number of nitrogens with one attached hydrogen (secondary N) is 4. The predicted molar refractivity (Wildman–Crippen MR) is 205 cm³/mol. The van der Waals surface area contributed by atoms with Crippen LogP contribution in [-0.4, -0.2) is 65.9 Å². The van der Waals surface area contributed by atoms with Gasteiger partial charge in [-0.3, -0.25) is 14.6 Å². The van der Waals surface area contributed by atoms with Crippen molar-refractivity contribution in [3.63, 3.8) is 0 Å². The molecule has 0 radical (unpaired) electrons. The van der Waals surface area contributed by atoms with Gasteiger partial charge in [-0.25, -0.2) is 9.59 Å². The minimum atomic E-state index is -0.713. The third-order valence-electron chi connectivity index (χ3n) is 8.87. The third-order valence-corrected chi connectivity index (χ3v) is 8.87. The van der Waals surface area contributed by atoms with Crippen LogP contribution in [0.5, 0.6) is 5.75 Å². The molecule has 0 bridgehead atoms. The van der Waals surface area contributed by atoms with Gasteiger partial charge in [-0.2, -0.15) is 0 Å². The van der Waals surface area contributed by atoms with Gasteiger partial charge in [0.15, 0.2) is 0 Å². The lowest BCUT2D eigenvalue weighted by Crippen LogP contribution is -2.50. The number of benzene rings is 1. The first-order valence-corrected chi connectivity index (χ1v) is 19.3. The third kappa shape index (κ3) is 18.8. The number of pyridine rings is 1. The SMILES string of the molecule is CC(C)(C)OC(=O)NCCCCCCCCNC(=O)[C@H](Cc1ccc(OCc2ccncc2)cc1)NC(=O)C1CCC(CNC(=O)OC(C)(C)C)CC1. The van der Waals surface area contributed by atoms with Crippen molar-refractivity contribution >= 4 is 24.0 Å². The number of alkyl carbamates (subject to hydrolysis) is 2. The van der Waals surface area contributed by atoms with E-state index in [0.717, 1.165) is 62.5 Å². The molecular weight excluding hydrogens is 674 g/mol. The number of unbranched alkanes of at least 4 members (excludes halogenated alkanes) is 5. The Hall–Kier alpha value is -4.35. The van der Waals surface area contributed by atoms with Crippen LogP contribution in [0.2, 0.25) is 0 Å². The van der Waals surface area contributed by atoms with E-state index in [1.165, 1.54) is 0 Å². The minimum Gasteiger partial charge on any atom is -0.489 e. The Morgan fingerprint density at radius 2 is 1.25 bits per heavy atom. The lowest BCUT2D eigenvalue weighted by Gasteiger charge is -2.29. The summed E-state index contributed by atoms with van der Waals surface area (Å²) in [7, 11) is 0. The van der Waals surface area contributed by atoms with Crippen molar-refractivity contribution in [3.05, 3.63) is 59.9 Å². The average Bonchev–Trinajstić information content (AvgIpc) is 3.10. The van der Waals surface area contributed by atoms with E-state index >= 15 is 0 Å². The second-order valence-corrected chi connectivity index (χ2v) is 16.0. The largest absolute Gasteiger partial charge is 0.489 e. The Morgan fingerprint density at radius 3 is 1.83 bits per heavy atom. The number of carbonyl (C=O) groups is 4. The maximum absolute atomic E-state index is 13.5. The van der Waals surface area contributed by atoms with Crippen molar-refractivity contribution in [1.82, 2.24) is 26.3 Å². The van der Waals surface area contributed by atoms with Gasteiger partial charge in [-0.05, 0) is 121 Å². The van der Waals surface area contributed by atoms with Crippen LogP contribution in [0, 0.1) is 11.8 Å². The molecule has 1 atom stereocenters. The molecule has 1 aliphatic carbocycles. The maximum Gasteiger partial charge on any atom is 0.407 e. The molecule has 0 aliphatic heterocycles. The van der Waals surface area contributed by atoms with Gasteiger partial charge < -0.3 is 35.5 Å². The Labute approximate surface area is 316 Å². The van der Waals surface area contributed by atoms with Crippen molar-refractivity contribution in [2.45, 2.75) is 136 Å². The highest BCUT2D eigenvalue weighted by atomic mass is 16.6. The normalized spacial score (nSPS) is 16.5. The topological polar surface area (TPSA) is 157 Å². The summed E-state index contributed by atoms with van der Waals surface area (Å²) in [6, 6.07) is 10.7. The maximum atomic E-state index is 13.5. The van der Waals surface area contributed by atoms with Crippen LogP contribution in [-0.2, 0) is 32.1 Å². The molecule has 1 aliphatic rings. The smallest absolute Gasteiger partial charge is 0.407 e. The quantitative estimate of drug-likeness (QED) is 0.112. The van der Waals surface area contributed by atoms with Gasteiger partial charge in [0.1, 0.15) is 29.6 Å². The molecule has 53 heavy (non-hydrogen) atoms. The number of aromatic nitrogens is 1. The fourth-order valence-corrected chi connectivity index (χ4v) is 6.07. The second-order valence-electron chi connectivity index (χ2n) is 16.0. The van der Waals surface area contributed by atoms with Crippen LogP contribution < -0.4 is 26.0 Å². The number of rotatable bonds is 19. The van der Waals surface area contributed by atoms with E-state index in [9.17, 15) is 19.2 Å². The molecule has 1 saturated carbocycles. The molecule has 4 amide bonds. The fraction of sp³-hybridized carbons (Fsp3) is 0.634. The first-order chi connectivity index (χ1) is 25.2. The molecular formula is C41H63N5O7. The van der Waals surface area contributed by atoms with E-state index in [-0.39, 0.29) is 29.7 Å². The van der Waals surface area contributed by atoms with Gasteiger partial charge in [-0.15, -0.1) is 0 Å². The van der Waals surface area contributed by atoms with Crippen LogP contribution in [0.15, 0.2) is 48.8 Å². The Balaban J connectivity index is 1.45. The highest BCUT2D eigenvalue weighted by Gasteiger charge is 2.30. The molecule has 1 heterocycles. The first kappa shape index (κ1) is 43.1. The number of nitrogens with zero attached hydrogens (tertiary/aromatic N) is 1. The number of carbonyl (C=O) groups excluding carboxylic acids is 4. The summed E-state index contributed by atoms with van der Waals surface area (Å²) in [4.78, 5) is 54.9. The van der Waals surface area contributed by atoms with Crippen molar-refractivity contribution in [2.75, 3.05) is 19.6 Å². The van der Waals surface area contributed by atoms with Crippen LogP contribution in [0.3, 0.4) is 0 Å².